The SMILES string of the molecule is [2H]N([2H])CCC. The van der Waals surface area contributed by atoms with Crippen molar-refractivity contribution in [3.63, 3.8) is 0 Å². The quantitative estimate of drug-likeness (QED) is 0.490. The molecule has 0 radical (unpaired) electrons. The van der Waals surface area contributed by atoms with Crippen molar-refractivity contribution < 1.29 is 2.82 Å². The Balaban J connectivity index is 2.63. The van der Waals surface area contributed by atoms with Crippen molar-refractivity contribution in [2.75, 3.05) is 6.54 Å². The third-order valence-corrected chi connectivity index (χ3v) is 0.224. The van der Waals surface area contributed by atoms with Crippen LogP contribution < -0.4 is 5.72 Å². The van der Waals surface area contributed by atoms with Crippen molar-refractivity contribution in [2.24, 2.45) is 5.72 Å². The van der Waals surface area contributed by atoms with E-state index in [1.165, 1.54) is 0 Å². The Labute approximate surface area is 29.7 Å². The van der Waals surface area contributed by atoms with Crippen molar-refractivity contribution in [2.45, 2.75) is 13.3 Å². The van der Waals surface area contributed by atoms with Crippen molar-refractivity contribution in [1.82, 2.24) is 0 Å². The summed E-state index contributed by atoms with van der Waals surface area (Å²) in [6.07, 6.45) is 0.882. The second-order valence-electron chi connectivity index (χ2n) is 0.724. The average molecular weight is 61.1 g/mol. The molecule has 2 N–H and O–H groups in total. The summed E-state index contributed by atoms with van der Waals surface area (Å²) in [5.74, 6) is 0. The van der Waals surface area contributed by atoms with E-state index in [0.717, 1.165) is 6.42 Å². The van der Waals surface area contributed by atoms with E-state index in [1.807, 2.05) is 6.92 Å². The average Bonchev–Trinajstić information content (AvgIpc) is 1.35. The van der Waals surface area contributed by atoms with Crippen molar-refractivity contribution in [3.05, 3.63) is 0 Å². The zero-order valence-corrected chi connectivity index (χ0v) is 2.86. The molecule has 0 atom stereocenters. The highest BCUT2D eigenvalue weighted by Gasteiger charge is 1.55. The van der Waals surface area contributed by atoms with Gasteiger partial charge in [-0.3, -0.25) is 0 Å². The molecule has 0 saturated heterocycles. The van der Waals surface area contributed by atoms with Crippen LogP contribution in [-0.4, -0.2) is 6.54 Å². The van der Waals surface area contributed by atoms with Crippen LogP contribution in [0.1, 0.15) is 13.3 Å². The predicted molar refractivity (Wildman–Crippen MR) is 19.3 cm³/mol. The zero-order valence-electron chi connectivity index (χ0n) is 4.86. The first kappa shape index (κ1) is 1.41. The summed E-state index contributed by atoms with van der Waals surface area (Å²) in [5.41, 5.74) is 0.681. The van der Waals surface area contributed by atoms with E-state index < -0.39 is 0 Å². The van der Waals surface area contributed by atoms with Gasteiger partial charge in [0, 0.05) is 0 Å². The first-order chi connectivity index (χ1) is 2.77. The molecule has 1 nitrogen and oxygen atoms in total. The molecular formula is C3H9N. The minimum Gasteiger partial charge on any atom is -0.330 e. The van der Waals surface area contributed by atoms with Crippen LogP contribution >= 0.6 is 0 Å². The highest BCUT2D eigenvalue weighted by atomic mass is 14.5. The van der Waals surface area contributed by atoms with Crippen LogP contribution in [0, 0.1) is 0 Å². The van der Waals surface area contributed by atoms with E-state index in [-0.39, 0.29) is 0 Å². The van der Waals surface area contributed by atoms with Crippen LogP contribution in [0.25, 0.3) is 0 Å². The van der Waals surface area contributed by atoms with Gasteiger partial charge in [-0.05, 0) is 13.0 Å². The summed E-state index contributed by atoms with van der Waals surface area (Å²) in [6.45, 7) is 2.48. The zero-order chi connectivity index (χ0) is 4.99. The maximum absolute atomic E-state index is 6.48. The molecule has 0 bridgehead atoms. The summed E-state index contributed by atoms with van der Waals surface area (Å²) in [6, 6.07) is 0. The molecule has 0 heterocycles. The minimum absolute atomic E-state index is 0.542. The van der Waals surface area contributed by atoms with E-state index >= 15 is 0 Å². The number of hydrogen-bond acceptors (Lipinski definition) is 1. The van der Waals surface area contributed by atoms with Crippen molar-refractivity contribution in [1.29, 1.82) is 0 Å². The summed E-state index contributed by atoms with van der Waals surface area (Å²) in [5, 5.41) is 0. The smallest absolute Gasteiger partial charge is 0.118 e. The lowest BCUT2D eigenvalue weighted by molar-refractivity contribution is 0.932. The molecule has 0 aromatic rings. The molecular weight excluding hydrogens is 50.0 g/mol. The summed E-state index contributed by atoms with van der Waals surface area (Å²) in [4.78, 5) is 0. The molecule has 0 aromatic heterocycles. The Hall–Kier alpha value is -0.0400. The van der Waals surface area contributed by atoms with Gasteiger partial charge in [-0.25, -0.2) is 0 Å². The van der Waals surface area contributed by atoms with Gasteiger partial charge in [0.1, 0.15) is 2.82 Å². The molecule has 4 heavy (non-hydrogen) atoms. The topological polar surface area (TPSA) is 26.0 Å². The monoisotopic (exact) mass is 61.1 g/mol. The summed E-state index contributed by atoms with van der Waals surface area (Å²) >= 11 is 0. The molecule has 0 unspecified atom stereocenters. The molecule has 0 rings (SSSR count). The number of hydrogen-bond donors (Lipinski definition) is 1. The van der Waals surface area contributed by atoms with Crippen LogP contribution in [0.15, 0.2) is 0 Å². The van der Waals surface area contributed by atoms with E-state index in [4.69, 9.17) is 2.82 Å². The maximum Gasteiger partial charge on any atom is 0.118 e. The first-order valence-corrected chi connectivity index (χ1v) is 1.52. The Kier molecular flexibility index (Phi) is 1.04. The van der Waals surface area contributed by atoms with E-state index in [1.54, 1.807) is 0 Å². The van der Waals surface area contributed by atoms with E-state index in [2.05, 4.69) is 0 Å². The van der Waals surface area contributed by atoms with Gasteiger partial charge in [-0.15, -0.1) is 0 Å². The Morgan fingerprint density at radius 3 is 3.00 bits per heavy atom. The predicted octanol–water partition coefficient (Wildman–Crippen LogP) is 0.355. The van der Waals surface area contributed by atoms with Crippen molar-refractivity contribution in [3.8, 4) is 0 Å². The third kappa shape index (κ3) is 1.96. The molecule has 0 aliphatic carbocycles. The van der Waals surface area contributed by atoms with Gasteiger partial charge < -0.3 is 5.72 Å². The fraction of sp³-hybridized carbons (Fsp3) is 1.00. The van der Waals surface area contributed by atoms with E-state index in [0.29, 0.717) is 12.3 Å². The second kappa shape index (κ2) is 2.96. The fourth-order valence-electron chi connectivity index (χ4n) is 0. The van der Waals surface area contributed by atoms with Gasteiger partial charge in [0.2, 0.25) is 0 Å². The van der Waals surface area contributed by atoms with Crippen LogP contribution in [-0.2, 0) is 0 Å². The van der Waals surface area contributed by atoms with Crippen LogP contribution in [0.3, 0.4) is 0 Å². The standard InChI is InChI=1S/C3H9N/c1-2-3-4/h2-4H2,1H3/i/hD2. The van der Waals surface area contributed by atoms with Gasteiger partial charge in [-0.1, -0.05) is 6.92 Å². The van der Waals surface area contributed by atoms with Crippen LogP contribution in [0.2, 0.25) is 2.82 Å². The largest absolute Gasteiger partial charge is 0.330 e. The fourth-order valence-corrected chi connectivity index (χ4v) is 0. The lowest BCUT2D eigenvalue weighted by atomic mass is 10.5. The number of rotatable bonds is 2. The highest BCUT2D eigenvalue weighted by Crippen LogP contribution is 1.57. The highest BCUT2D eigenvalue weighted by molar-refractivity contribution is 4.19. The second-order valence-corrected chi connectivity index (χ2v) is 0.724. The molecule has 0 spiro atoms. The van der Waals surface area contributed by atoms with Crippen LogP contribution in [0.4, 0.5) is 0 Å². The van der Waals surface area contributed by atoms with Gasteiger partial charge in [0.15, 0.2) is 0 Å². The lowest BCUT2D eigenvalue weighted by Gasteiger charge is -1.70. The molecule has 0 aromatic carbocycles. The molecule has 0 saturated carbocycles. The minimum atomic E-state index is 0.542. The Bertz CT molecular complexity index is 30.0. The molecule has 1 heteroatoms. The summed E-state index contributed by atoms with van der Waals surface area (Å²) < 4.78 is 13.0. The lowest BCUT2D eigenvalue weighted by Crippen LogP contribution is -1.93. The van der Waals surface area contributed by atoms with Gasteiger partial charge >= 0.3 is 0 Å². The molecule has 0 aliphatic rings. The first-order valence-electron chi connectivity index (χ1n) is 2.42. The Morgan fingerprint density at radius 1 is 2.25 bits per heavy atom. The third-order valence-electron chi connectivity index (χ3n) is 0.224. The molecule has 0 amide bonds. The summed E-state index contributed by atoms with van der Waals surface area (Å²) in [7, 11) is 0. The molecule has 0 aliphatic heterocycles. The normalized spacial score (nSPS) is 15.5. The van der Waals surface area contributed by atoms with Gasteiger partial charge in [-0.2, -0.15) is 0 Å². The Morgan fingerprint density at radius 2 is 3.00 bits per heavy atom. The number of nitrogens with two attached hydrogens (primary N) is 1. The molecule has 0 fully saturated rings. The van der Waals surface area contributed by atoms with Crippen LogP contribution in [0.5, 0.6) is 0 Å². The van der Waals surface area contributed by atoms with E-state index in [9.17, 15) is 0 Å². The maximum atomic E-state index is 6.48. The molecule has 26 valence electrons. The van der Waals surface area contributed by atoms with Crippen molar-refractivity contribution >= 4 is 0 Å². The van der Waals surface area contributed by atoms with Gasteiger partial charge in [0.05, 0.1) is 0 Å². The van der Waals surface area contributed by atoms with Gasteiger partial charge in [0.25, 0.3) is 0 Å².